The van der Waals surface area contributed by atoms with E-state index in [1.54, 1.807) is 18.2 Å². The van der Waals surface area contributed by atoms with Crippen molar-refractivity contribution in [3.8, 4) is 11.5 Å². The van der Waals surface area contributed by atoms with Crippen molar-refractivity contribution in [2.45, 2.75) is 13.3 Å². The fraction of sp³-hybridized carbons (Fsp3) is 0.133. The van der Waals surface area contributed by atoms with Gasteiger partial charge in [-0.2, -0.15) is 0 Å². The Morgan fingerprint density at radius 3 is 2.32 bits per heavy atom. The summed E-state index contributed by atoms with van der Waals surface area (Å²) < 4.78 is 5.31. The van der Waals surface area contributed by atoms with Crippen molar-refractivity contribution in [2.24, 2.45) is 4.99 Å². The lowest BCUT2D eigenvalue weighted by atomic mass is 10.1. The van der Waals surface area contributed by atoms with Gasteiger partial charge in [0.15, 0.2) is 12.2 Å². The first kappa shape index (κ1) is 17.2. The molecule has 22 heavy (non-hydrogen) atoms. The van der Waals surface area contributed by atoms with Gasteiger partial charge in [0.25, 0.3) is 0 Å². The second-order valence-corrected chi connectivity index (χ2v) is 5.99. The number of aliphatic imine (C=N–C) groups is 1. The number of rotatable bonds is 4. The molecule has 3 nitrogen and oxygen atoms in total. The maximum atomic E-state index is 10.0. The van der Waals surface area contributed by atoms with Crippen molar-refractivity contribution in [3.63, 3.8) is 0 Å². The molecule has 0 aliphatic rings. The highest BCUT2D eigenvalue weighted by molar-refractivity contribution is 6.37. The highest BCUT2D eigenvalue weighted by atomic mass is 35.5. The van der Waals surface area contributed by atoms with Gasteiger partial charge in [-0.25, -0.2) is 4.99 Å². The normalized spacial score (nSPS) is 11.1. The van der Waals surface area contributed by atoms with E-state index in [0.29, 0.717) is 32.8 Å². The minimum Gasteiger partial charge on any atom is -0.504 e. The van der Waals surface area contributed by atoms with E-state index >= 15 is 0 Å². The van der Waals surface area contributed by atoms with Crippen LogP contribution < -0.4 is 4.74 Å². The number of hydrogen-bond acceptors (Lipinski definition) is 3. The van der Waals surface area contributed by atoms with Gasteiger partial charge < -0.3 is 9.84 Å². The van der Waals surface area contributed by atoms with Crippen LogP contribution in [0.4, 0.5) is 5.69 Å². The molecule has 0 bridgehead atoms. The first-order chi connectivity index (χ1) is 10.4. The first-order valence-corrected chi connectivity index (χ1v) is 7.78. The molecular weight excluding hydrogens is 368 g/mol. The topological polar surface area (TPSA) is 41.8 Å². The standard InChI is InChI=1S/C15H11Cl4NO2/c1-2-11-12(18)6-13(15(21)14(11)19)20-7-22-10-4-8(16)3-9(17)5-10/h3-7,21H,2H2,1H3/b20-7+. The molecule has 0 saturated carbocycles. The third kappa shape index (κ3) is 3.99. The van der Waals surface area contributed by atoms with Crippen LogP contribution in [0.5, 0.6) is 11.5 Å². The Hall–Kier alpha value is -1.13. The van der Waals surface area contributed by atoms with Crippen LogP contribution in [0.1, 0.15) is 12.5 Å². The second-order valence-electron chi connectivity index (χ2n) is 4.33. The number of hydrogen-bond donors (Lipinski definition) is 1. The van der Waals surface area contributed by atoms with Gasteiger partial charge in [0, 0.05) is 15.1 Å². The Balaban J connectivity index is 2.23. The molecule has 0 aliphatic heterocycles. The first-order valence-electron chi connectivity index (χ1n) is 6.27. The van der Waals surface area contributed by atoms with Gasteiger partial charge >= 0.3 is 0 Å². The number of phenols is 1. The van der Waals surface area contributed by atoms with Crippen LogP contribution >= 0.6 is 46.4 Å². The van der Waals surface area contributed by atoms with Crippen LogP contribution in [0.15, 0.2) is 29.3 Å². The zero-order valence-electron chi connectivity index (χ0n) is 11.4. The maximum Gasteiger partial charge on any atom is 0.181 e. The molecule has 2 aromatic rings. The molecule has 1 N–H and O–H groups in total. The third-order valence-electron chi connectivity index (χ3n) is 2.84. The lowest BCUT2D eigenvalue weighted by Crippen LogP contribution is -1.90. The maximum absolute atomic E-state index is 10.0. The van der Waals surface area contributed by atoms with Gasteiger partial charge in [-0.1, -0.05) is 53.3 Å². The molecule has 116 valence electrons. The van der Waals surface area contributed by atoms with Crippen LogP contribution in [0.3, 0.4) is 0 Å². The summed E-state index contributed by atoms with van der Waals surface area (Å²) in [6, 6.07) is 6.27. The Morgan fingerprint density at radius 2 is 1.73 bits per heavy atom. The van der Waals surface area contributed by atoms with Crippen LogP contribution in [-0.2, 0) is 6.42 Å². The smallest absolute Gasteiger partial charge is 0.181 e. The third-order valence-corrected chi connectivity index (χ3v) is 4.02. The Morgan fingerprint density at radius 1 is 1.09 bits per heavy atom. The fourth-order valence-corrected chi connectivity index (χ4v) is 3.02. The number of ether oxygens (including phenoxy) is 1. The van der Waals surface area contributed by atoms with Gasteiger partial charge in [-0.15, -0.1) is 0 Å². The predicted molar refractivity (Wildman–Crippen MR) is 92.7 cm³/mol. The summed E-state index contributed by atoms with van der Waals surface area (Å²) in [6.07, 6.45) is 1.75. The zero-order chi connectivity index (χ0) is 16.3. The summed E-state index contributed by atoms with van der Waals surface area (Å²) in [5.41, 5.74) is 0.877. The molecule has 0 aliphatic carbocycles. The zero-order valence-corrected chi connectivity index (χ0v) is 14.4. The molecule has 2 aromatic carbocycles. The molecule has 0 radical (unpaired) electrons. The number of nitrogens with zero attached hydrogens (tertiary/aromatic N) is 1. The highest BCUT2D eigenvalue weighted by Crippen LogP contribution is 2.41. The van der Waals surface area contributed by atoms with E-state index < -0.39 is 0 Å². The highest BCUT2D eigenvalue weighted by Gasteiger charge is 2.13. The number of phenolic OH excluding ortho intramolecular Hbond substituents is 1. The predicted octanol–water partition coefficient (Wildman–Crippen LogP) is 6.31. The average Bonchev–Trinajstić information content (AvgIpc) is 2.43. The molecule has 0 heterocycles. The summed E-state index contributed by atoms with van der Waals surface area (Å²) in [5, 5.41) is 11.5. The summed E-state index contributed by atoms with van der Waals surface area (Å²) in [4.78, 5) is 4.01. The van der Waals surface area contributed by atoms with Crippen molar-refractivity contribution in [3.05, 3.63) is 49.9 Å². The number of benzene rings is 2. The second kappa shape index (κ2) is 7.42. The van der Waals surface area contributed by atoms with Crippen molar-refractivity contribution < 1.29 is 9.84 Å². The Bertz CT molecular complexity index is 712. The molecule has 0 amide bonds. The Kier molecular flexibility index (Phi) is 5.81. The quantitative estimate of drug-likeness (QED) is 0.500. The van der Waals surface area contributed by atoms with Gasteiger partial charge in [0.2, 0.25) is 0 Å². The summed E-state index contributed by atoms with van der Waals surface area (Å²) in [5.74, 6) is 0.273. The summed E-state index contributed by atoms with van der Waals surface area (Å²) >= 11 is 23.9. The van der Waals surface area contributed by atoms with Crippen LogP contribution in [-0.4, -0.2) is 11.5 Å². The minimum absolute atomic E-state index is 0.146. The molecule has 7 heteroatoms. The van der Waals surface area contributed by atoms with E-state index in [0.717, 1.165) is 6.40 Å². The van der Waals surface area contributed by atoms with Gasteiger partial charge in [0.05, 0.1) is 5.02 Å². The van der Waals surface area contributed by atoms with Gasteiger partial charge in [0.1, 0.15) is 11.4 Å². The summed E-state index contributed by atoms with van der Waals surface area (Å²) in [7, 11) is 0. The van der Waals surface area contributed by atoms with Gasteiger partial charge in [-0.3, -0.25) is 0 Å². The van der Waals surface area contributed by atoms with Crippen molar-refractivity contribution in [2.75, 3.05) is 0 Å². The van der Waals surface area contributed by atoms with E-state index in [-0.39, 0.29) is 16.5 Å². The lowest BCUT2D eigenvalue weighted by molar-refractivity contribution is 0.476. The number of halogens is 4. The molecule has 0 aromatic heterocycles. The van der Waals surface area contributed by atoms with E-state index in [4.69, 9.17) is 51.1 Å². The SMILES string of the molecule is CCc1c(Cl)cc(/N=C/Oc2cc(Cl)cc(Cl)c2)c(O)c1Cl. The van der Waals surface area contributed by atoms with Crippen LogP contribution in [0.2, 0.25) is 20.1 Å². The van der Waals surface area contributed by atoms with Crippen LogP contribution in [0.25, 0.3) is 0 Å². The monoisotopic (exact) mass is 377 g/mol. The lowest BCUT2D eigenvalue weighted by Gasteiger charge is -2.08. The van der Waals surface area contributed by atoms with E-state index in [1.165, 1.54) is 6.07 Å². The summed E-state index contributed by atoms with van der Waals surface area (Å²) in [6.45, 7) is 1.89. The molecule has 0 fully saturated rings. The average molecular weight is 379 g/mol. The van der Waals surface area contributed by atoms with E-state index in [9.17, 15) is 5.11 Å². The van der Waals surface area contributed by atoms with Crippen LogP contribution in [0, 0.1) is 0 Å². The molecule has 0 spiro atoms. The van der Waals surface area contributed by atoms with E-state index in [2.05, 4.69) is 4.99 Å². The van der Waals surface area contributed by atoms with Gasteiger partial charge in [-0.05, 0) is 36.2 Å². The molecule has 0 unspecified atom stereocenters. The molecule has 2 rings (SSSR count). The van der Waals surface area contributed by atoms with Crippen molar-refractivity contribution in [1.82, 2.24) is 0 Å². The van der Waals surface area contributed by atoms with Crippen molar-refractivity contribution >= 4 is 58.5 Å². The molecule has 0 atom stereocenters. The fourth-order valence-electron chi connectivity index (χ4n) is 1.80. The van der Waals surface area contributed by atoms with Crippen molar-refractivity contribution in [1.29, 1.82) is 0 Å². The minimum atomic E-state index is -0.146. The molecular formula is C15H11Cl4NO2. The number of aromatic hydroxyl groups is 1. The Labute approximate surface area is 148 Å². The van der Waals surface area contributed by atoms with E-state index in [1.807, 2.05) is 6.92 Å². The molecule has 0 saturated heterocycles. The largest absolute Gasteiger partial charge is 0.504 e.